The molecule has 0 aliphatic carbocycles. The van der Waals surface area contributed by atoms with E-state index in [9.17, 15) is 14.0 Å². The van der Waals surface area contributed by atoms with Gasteiger partial charge in [-0.05, 0) is 41.5 Å². The molecule has 0 saturated heterocycles. The molecule has 10 nitrogen and oxygen atoms in total. The number of benzene rings is 3. The van der Waals surface area contributed by atoms with Crippen LogP contribution in [0.1, 0.15) is 11.1 Å². The number of fused-ring (bicyclic) bond motifs is 1. The van der Waals surface area contributed by atoms with Gasteiger partial charge >= 0.3 is 6.03 Å². The number of carbonyl (C=O) groups is 1. The molecule has 0 spiro atoms. The second kappa shape index (κ2) is 11.9. The first-order valence-electron chi connectivity index (χ1n) is 11.9. The number of nitrogens with one attached hydrogen (secondary N) is 3. The number of ether oxygens (including phenoxy) is 3. The number of urea groups is 1. The summed E-state index contributed by atoms with van der Waals surface area (Å²) < 4.78 is 29.8. The van der Waals surface area contributed by atoms with Crippen molar-refractivity contribution in [3.63, 3.8) is 0 Å². The normalized spacial score (nSPS) is 12.0. The fourth-order valence-corrected chi connectivity index (χ4v) is 4.80. The molecule has 3 N–H and O–H groups in total. The second-order valence-electron chi connectivity index (χ2n) is 8.53. The molecule has 0 bridgehead atoms. The third kappa shape index (κ3) is 6.06. The Bertz CT molecular complexity index is 1670. The number of thioether (sulfide) groups is 1. The lowest BCUT2D eigenvalue weighted by Crippen LogP contribution is -2.21. The van der Waals surface area contributed by atoms with Gasteiger partial charge in [0.1, 0.15) is 11.6 Å². The van der Waals surface area contributed by atoms with Crippen molar-refractivity contribution in [3.8, 4) is 22.8 Å². The summed E-state index contributed by atoms with van der Waals surface area (Å²) in [6.45, 7) is 7.64. The van der Waals surface area contributed by atoms with Crippen LogP contribution in [0.25, 0.3) is 16.1 Å². The molecule has 0 fully saturated rings. The summed E-state index contributed by atoms with van der Waals surface area (Å²) in [4.78, 5) is 35.7. The number of halogens is 1. The minimum atomic E-state index is -0.559. The van der Waals surface area contributed by atoms with E-state index in [0.29, 0.717) is 39.2 Å². The maximum atomic E-state index is 13.9. The summed E-state index contributed by atoms with van der Waals surface area (Å²) in [5.74, 6) is 0.922. The Labute approximate surface area is 232 Å². The fourth-order valence-electron chi connectivity index (χ4n) is 3.98. The Balaban J connectivity index is 1.24. The summed E-state index contributed by atoms with van der Waals surface area (Å²) in [5, 5.41) is 5.69. The highest BCUT2D eigenvalue weighted by Gasteiger charge is 2.19. The van der Waals surface area contributed by atoms with Crippen LogP contribution in [0.2, 0.25) is 0 Å². The number of aromatic nitrogens is 2. The Morgan fingerprint density at radius 2 is 2.02 bits per heavy atom. The van der Waals surface area contributed by atoms with Crippen LogP contribution >= 0.6 is 11.8 Å². The third-order valence-electron chi connectivity index (χ3n) is 5.84. The molecule has 5 rings (SSSR count). The van der Waals surface area contributed by atoms with Crippen LogP contribution in [-0.2, 0) is 17.1 Å². The predicted octanol–water partition coefficient (Wildman–Crippen LogP) is 5.94. The molecule has 0 unspecified atom stereocenters. The van der Waals surface area contributed by atoms with E-state index in [1.807, 2.05) is 12.1 Å². The molecule has 0 radical (unpaired) electrons. The largest absolute Gasteiger partial charge is 0.497 e. The van der Waals surface area contributed by atoms with Gasteiger partial charge in [0.15, 0.2) is 17.7 Å². The Morgan fingerprint density at radius 1 is 1.20 bits per heavy atom. The average Bonchev–Trinajstić information content (AvgIpc) is 2.96. The third-order valence-corrected chi connectivity index (χ3v) is 6.78. The van der Waals surface area contributed by atoms with E-state index in [2.05, 4.69) is 25.4 Å². The van der Waals surface area contributed by atoms with E-state index < -0.39 is 17.4 Å². The van der Waals surface area contributed by atoms with E-state index >= 15 is 0 Å². The first kappa shape index (κ1) is 26.7. The molecule has 0 saturated carbocycles. The molecule has 1 aromatic heterocycles. The smallest absolute Gasteiger partial charge is 0.323 e. The van der Waals surface area contributed by atoms with Gasteiger partial charge in [-0.3, -0.25) is 4.79 Å². The van der Waals surface area contributed by atoms with Gasteiger partial charge in [0.05, 0.1) is 31.7 Å². The van der Waals surface area contributed by atoms with Crippen molar-refractivity contribution >= 4 is 34.9 Å². The molecular formula is C28H22FN5O5S. The minimum absolute atomic E-state index is 0.0177. The summed E-state index contributed by atoms with van der Waals surface area (Å²) in [5.41, 5.74) is 2.42. The lowest BCUT2D eigenvalue weighted by Gasteiger charge is -2.21. The highest BCUT2D eigenvalue weighted by molar-refractivity contribution is 7.98. The number of anilines is 2. The number of aromatic amines is 1. The van der Waals surface area contributed by atoms with E-state index in [0.717, 1.165) is 5.56 Å². The second-order valence-corrected chi connectivity index (χ2v) is 9.49. The van der Waals surface area contributed by atoms with Gasteiger partial charge in [0.2, 0.25) is 0 Å². The summed E-state index contributed by atoms with van der Waals surface area (Å²) >= 11 is 1.30. The Hall–Kier alpha value is -4.86. The SMILES string of the molecule is [C-]#[N+]c1c(-c2cccc(OC)c2)nc(SCc2ccc(NC(=O)Nc3cc(F)cc4c3OCOC4)cc2)[nH]c1=O. The molecule has 40 heavy (non-hydrogen) atoms. The number of methoxy groups -OCH3 is 1. The maximum Gasteiger partial charge on any atom is 0.323 e. The van der Waals surface area contributed by atoms with Gasteiger partial charge in [-0.2, -0.15) is 0 Å². The van der Waals surface area contributed by atoms with Crippen molar-refractivity contribution in [1.29, 1.82) is 0 Å². The van der Waals surface area contributed by atoms with Crippen LogP contribution in [0.5, 0.6) is 11.5 Å². The summed E-state index contributed by atoms with van der Waals surface area (Å²) in [6.07, 6.45) is 0. The van der Waals surface area contributed by atoms with Crippen molar-refractivity contribution < 1.29 is 23.4 Å². The maximum absolute atomic E-state index is 13.9. The van der Waals surface area contributed by atoms with Crippen molar-refractivity contribution in [2.24, 2.45) is 0 Å². The van der Waals surface area contributed by atoms with Gasteiger partial charge in [-0.1, -0.05) is 36.0 Å². The Kier molecular flexibility index (Phi) is 7.95. The number of rotatable bonds is 7. The van der Waals surface area contributed by atoms with E-state index in [4.69, 9.17) is 20.8 Å². The predicted molar refractivity (Wildman–Crippen MR) is 148 cm³/mol. The lowest BCUT2D eigenvalue weighted by atomic mass is 10.1. The first-order valence-corrected chi connectivity index (χ1v) is 12.9. The van der Waals surface area contributed by atoms with E-state index in [-0.39, 0.29) is 30.5 Å². The summed E-state index contributed by atoms with van der Waals surface area (Å²) in [6, 6.07) is 16.0. The molecule has 3 aromatic carbocycles. The molecular weight excluding hydrogens is 537 g/mol. The van der Waals surface area contributed by atoms with Crippen LogP contribution in [-0.4, -0.2) is 29.9 Å². The zero-order valence-electron chi connectivity index (χ0n) is 21.1. The molecule has 1 aliphatic rings. The minimum Gasteiger partial charge on any atom is -0.497 e. The van der Waals surface area contributed by atoms with Gasteiger partial charge < -0.3 is 29.8 Å². The lowest BCUT2D eigenvalue weighted by molar-refractivity contribution is -0.0160. The number of H-pyrrole nitrogens is 1. The molecule has 2 amide bonds. The molecule has 2 heterocycles. The van der Waals surface area contributed by atoms with Crippen molar-refractivity contribution in [2.75, 3.05) is 24.5 Å². The van der Waals surface area contributed by atoms with Crippen molar-refractivity contribution in [1.82, 2.24) is 9.97 Å². The van der Waals surface area contributed by atoms with Crippen LogP contribution in [0.15, 0.2) is 70.6 Å². The van der Waals surface area contributed by atoms with Crippen LogP contribution < -0.4 is 25.7 Å². The Morgan fingerprint density at radius 3 is 2.80 bits per heavy atom. The highest BCUT2D eigenvalue weighted by Crippen LogP contribution is 2.34. The number of carbonyl (C=O) groups excluding carboxylic acids is 1. The molecule has 0 atom stereocenters. The van der Waals surface area contributed by atoms with Crippen LogP contribution in [0.3, 0.4) is 0 Å². The number of hydrogen-bond acceptors (Lipinski definition) is 7. The highest BCUT2D eigenvalue weighted by atomic mass is 32.2. The zero-order chi connectivity index (χ0) is 28.1. The topological polar surface area (TPSA) is 119 Å². The monoisotopic (exact) mass is 559 g/mol. The van der Waals surface area contributed by atoms with Crippen molar-refractivity contribution in [3.05, 3.63) is 99.4 Å². The molecule has 1 aliphatic heterocycles. The van der Waals surface area contributed by atoms with Gasteiger partial charge in [-0.15, -0.1) is 0 Å². The molecule has 4 aromatic rings. The molecule has 202 valence electrons. The first-order chi connectivity index (χ1) is 19.4. The van der Waals surface area contributed by atoms with Gasteiger partial charge in [0, 0.05) is 23.1 Å². The number of hydrogen-bond donors (Lipinski definition) is 3. The summed E-state index contributed by atoms with van der Waals surface area (Å²) in [7, 11) is 1.54. The zero-order valence-corrected chi connectivity index (χ0v) is 21.9. The van der Waals surface area contributed by atoms with E-state index in [1.54, 1.807) is 36.4 Å². The number of nitrogens with zero attached hydrogens (tertiary/aromatic N) is 2. The van der Waals surface area contributed by atoms with Crippen molar-refractivity contribution in [2.45, 2.75) is 17.5 Å². The van der Waals surface area contributed by atoms with Crippen LogP contribution in [0, 0.1) is 12.4 Å². The quantitative estimate of drug-likeness (QED) is 0.146. The number of amides is 2. The van der Waals surface area contributed by atoms with Gasteiger partial charge in [0.25, 0.3) is 11.2 Å². The van der Waals surface area contributed by atoms with E-state index in [1.165, 1.54) is 31.0 Å². The van der Waals surface area contributed by atoms with Crippen LogP contribution in [0.4, 0.5) is 26.2 Å². The standard InChI is InChI=1S/C28H22FN5O5S/c1-30-24-23(17-4-3-5-21(11-17)37-2)33-28(34-26(24)35)40-14-16-6-8-20(9-7-16)31-27(36)32-22-12-19(29)10-18-13-38-15-39-25(18)22/h3-12H,13-15H2,2H3,(H2,31,32,36)(H,33,34,35). The fraction of sp³-hybridized carbons (Fsp3) is 0.143. The van der Waals surface area contributed by atoms with Gasteiger partial charge in [-0.25, -0.2) is 19.0 Å². The average molecular weight is 560 g/mol. The molecule has 12 heteroatoms.